The van der Waals surface area contributed by atoms with Crippen molar-refractivity contribution in [1.82, 2.24) is 4.98 Å². The topological polar surface area (TPSA) is 54.4 Å². The van der Waals surface area contributed by atoms with Crippen molar-refractivity contribution in [2.45, 2.75) is 6.54 Å². The van der Waals surface area contributed by atoms with E-state index in [9.17, 15) is 5.11 Å². The maximum atomic E-state index is 9.84. The molecule has 2 aromatic carbocycles. The smallest absolute Gasteiger partial charge is 0.141 e. The minimum atomic E-state index is 0.207. The van der Waals surface area contributed by atoms with Crippen molar-refractivity contribution < 1.29 is 9.84 Å². The Bertz CT molecular complexity index is 754. The van der Waals surface area contributed by atoms with Crippen molar-refractivity contribution in [2.75, 3.05) is 12.4 Å². The molecule has 21 heavy (non-hydrogen) atoms. The molecule has 4 heteroatoms. The number of fused-ring (bicyclic) bond motifs is 1. The largest absolute Gasteiger partial charge is 0.506 e. The molecule has 0 unspecified atom stereocenters. The van der Waals surface area contributed by atoms with Gasteiger partial charge in [-0.3, -0.25) is 4.98 Å². The second-order valence-electron chi connectivity index (χ2n) is 4.73. The summed E-state index contributed by atoms with van der Waals surface area (Å²) in [7, 11) is 1.65. The Hall–Kier alpha value is -2.75. The van der Waals surface area contributed by atoms with Crippen molar-refractivity contribution in [1.29, 1.82) is 0 Å². The zero-order valence-corrected chi connectivity index (χ0v) is 11.7. The van der Waals surface area contributed by atoms with Crippen molar-refractivity contribution in [3.8, 4) is 11.5 Å². The van der Waals surface area contributed by atoms with Crippen LogP contribution in [0.3, 0.4) is 0 Å². The number of benzene rings is 2. The molecule has 0 amide bonds. The molecule has 4 nitrogen and oxygen atoms in total. The van der Waals surface area contributed by atoms with Crippen LogP contribution in [0.4, 0.5) is 5.69 Å². The first kappa shape index (κ1) is 13.2. The van der Waals surface area contributed by atoms with E-state index in [1.807, 2.05) is 42.5 Å². The number of aromatic nitrogens is 1. The van der Waals surface area contributed by atoms with Crippen molar-refractivity contribution in [3.63, 3.8) is 0 Å². The fourth-order valence-corrected chi connectivity index (χ4v) is 2.28. The molecular formula is C17H16N2O2. The summed E-state index contributed by atoms with van der Waals surface area (Å²) in [5.74, 6) is 1.04. The molecule has 3 rings (SSSR count). The Morgan fingerprint density at radius 3 is 2.67 bits per heavy atom. The number of phenolic OH excluding ortho intramolecular Hbond substituents is 1. The van der Waals surface area contributed by atoms with Crippen LogP contribution in [0.1, 0.15) is 5.56 Å². The van der Waals surface area contributed by atoms with Gasteiger partial charge in [0.2, 0.25) is 0 Å². The van der Waals surface area contributed by atoms with E-state index in [1.54, 1.807) is 19.4 Å². The summed E-state index contributed by atoms with van der Waals surface area (Å²) in [6.45, 7) is 0.662. The van der Waals surface area contributed by atoms with Gasteiger partial charge in [0.1, 0.15) is 17.0 Å². The summed E-state index contributed by atoms with van der Waals surface area (Å²) in [5, 5.41) is 14.2. The number of aromatic hydroxyl groups is 1. The van der Waals surface area contributed by atoms with Gasteiger partial charge in [0.05, 0.1) is 7.11 Å². The van der Waals surface area contributed by atoms with Crippen LogP contribution >= 0.6 is 0 Å². The molecule has 0 aliphatic heterocycles. The molecule has 0 saturated carbocycles. The first-order valence-corrected chi connectivity index (χ1v) is 6.71. The Morgan fingerprint density at radius 2 is 1.90 bits per heavy atom. The Labute approximate surface area is 123 Å². The van der Waals surface area contributed by atoms with Crippen molar-refractivity contribution in [2.24, 2.45) is 0 Å². The maximum Gasteiger partial charge on any atom is 0.141 e. The number of methoxy groups -OCH3 is 1. The summed E-state index contributed by atoms with van der Waals surface area (Å²) in [6.07, 6.45) is 1.68. The van der Waals surface area contributed by atoms with Gasteiger partial charge in [-0.25, -0.2) is 0 Å². The van der Waals surface area contributed by atoms with Crippen LogP contribution in [0.25, 0.3) is 10.9 Å². The standard InChI is InChI=1S/C17H16N2O2/c1-21-14-7-5-13(6-8-14)19-11-12-4-9-16(20)17-15(12)3-2-10-18-17/h2-10,19-20H,11H2,1H3. The summed E-state index contributed by atoms with van der Waals surface area (Å²) in [6, 6.07) is 15.2. The zero-order chi connectivity index (χ0) is 14.7. The number of rotatable bonds is 4. The van der Waals surface area contributed by atoms with Crippen LogP contribution < -0.4 is 10.1 Å². The average Bonchev–Trinajstić information content (AvgIpc) is 2.55. The second-order valence-corrected chi connectivity index (χ2v) is 4.73. The molecule has 0 fully saturated rings. The first-order chi connectivity index (χ1) is 10.3. The van der Waals surface area contributed by atoms with E-state index in [-0.39, 0.29) is 5.75 Å². The van der Waals surface area contributed by atoms with Crippen molar-refractivity contribution >= 4 is 16.6 Å². The zero-order valence-electron chi connectivity index (χ0n) is 11.7. The molecule has 0 spiro atoms. The van der Waals surface area contributed by atoms with E-state index in [2.05, 4.69) is 10.3 Å². The van der Waals surface area contributed by atoms with E-state index < -0.39 is 0 Å². The molecule has 0 atom stereocenters. The van der Waals surface area contributed by atoms with Gasteiger partial charge in [-0.2, -0.15) is 0 Å². The highest BCUT2D eigenvalue weighted by Crippen LogP contribution is 2.26. The van der Waals surface area contributed by atoms with E-state index in [0.717, 1.165) is 22.4 Å². The Morgan fingerprint density at radius 1 is 1.10 bits per heavy atom. The average molecular weight is 280 g/mol. The highest BCUT2D eigenvalue weighted by Gasteiger charge is 2.05. The summed E-state index contributed by atoms with van der Waals surface area (Å²) in [5.41, 5.74) is 2.74. The summed E-state index contributed by atoms with van der Waals surface area (Å²) >= 11 is 0. The summed E-state index contributed by atoms with van der Waals surface area (Å²) in [4.78, 5) is 4.22. The lowest BCUT2D eigenvalue weighted by Crippen LogP contribution is -2.00. The molecular weight excluding hydrogens is 264 g/mol. The number of hydrogen-bond acceptors (Lipinski definition) is 4. The molecule has 2 N–H and O–H groups in total. The minimum Gasteiger partial charge on any atom is -0.506 e. The predicted molar refractivity (Wildman–Crippen MR) is 83.7 cm³/mol. The quantitative estimate of drug-likeness (QED) is 0.767. The van der Waals surface area contributed by atoms with Gasteiger partial charge in [0, 0.05) is 23.8 Å². The molecule has 1 heterocycles. The van der Waals surface area contributed by atoms with Gasteiger partial charge >= 0.3 is 0 Å². The minimum absolute atomic E-state index is 0.207. The van der Waals surface area contributed by atoms with E-state index in [4.69, 9.17) is 4.74 Å². The molecule has 0 saturated heterocycles. The predicted octanol–water partition coefficient (Wildman–Crippen LogP) is 3.56. The fourth-order valence-electron chi connectivity index (χ4n) is 2.28. The number of nitrogens with zero attached hydrogens (tertiary/aromatic N) is 1. The van der Waals surface area contributed by atoms with Crippen LogP contribution in [-0.2, 0) is 6.54 Å². The maximum absolute atomic E-state index is 9.84. The Balaban J connectivity index is 1.83. The van der Waals surface area contributed by atoms with Gasteiger partial charge in [-0.05, 0) is 42.0 Å². The number of hydrogen-bond donors (Lipinski definition) is 2. The third-order valence-electron chi connectivity index (χ3n) is 3.41. The van der Waals surface area contributed by atoms with Gasteiger partial charge in [0.15, 0.2) is 0 Å². The normalized spacial score (nSPS) is 10.5. The van der Waals surface area contributed by atoms with Crippen molar-refractivity contribution in [3.05, 3.63) is 60.3 Å². The van der Waals surface area contributed by atoms with Crippen LogP contribution in [0.2, 0.25) is 0 Å². The van der Waals surface area contributed by atoms with Crippen LogP contribution in [0.5, 0.6) is 11.5 Å². The Kier molecular flexibility index (Phi) is 3.60. The molecule has 0 radical (unpaired) electrons. The lowest BCUT2D eigenvalue weighted by atomic mass is 10.1. The number of pyridine rings is 1. The molecule has 0 bridgehead atoms. The van der Waals surface area contributed by atoms with Gasteiger partial charge in [-0.15, -0.1) is 0 Å². The highest BCUT2D eigenvalue weighted by atomic mass is 16.5. The summed E-state index contributed by atoms with van der Waals surface area (Å²) < 4.78 is 5.14. The van der Waals surface area contributed by atoms with Gasteiger partial charge < -0.3 is 15.2 Å². The molecule has 106 valence electrons. The second kappa shape index (κ2) is 5.71. The molecule has 0 aliphatic carbocycles. The van der Waals surface area contributed by atoms with E-state index in [0.29, 0.717) is 12.1 Å². The third-order valence-corrected chi connectivity index (χ3v) is 3.41. The lowest BCUT2D eigenvalue weighted by molar-refractivity contribution is 0.415. The number of phenols is 1. The van der Waals surface area contributed by atoms with Gasteiger partial charge in [0.25, 0.3) is 0 Å². The molecule has 1 aromatic heterocycles. The lowest BCUT2D eigenvalue weighted by Gasteiger charge is -2.10. The molecule has 0 aliphatic rings. The van der Waals surface area contributed by atoms with E-state index >= 15 is 0 Å². The van der Waals surface area contributed by atoms with Crippen LogP contribution in [0, 0.1) is 0 Å². The SMILES string of the molecule is COc1ccc(NCc2ccc(O)c3ncccc23)cc1. The first-order valence-electron chi connectivity index (χ1n) is 6.71. The monoisotopic (exact) mass is 280 g/mol. The molecule has 3 aromatic rings. The fraction of sp³-hybridized carbons (Fsp3) is 0.118. The number of ether oxygens (including phenoxy) is 1. The third kappa shape index (κ3) is 2.74. The van der Waals surface area contributed by atoms with Crippen LogP contribution in [-0.4, -0.2) is 17.2 Å². The van der Waals surface area contributed by atoms with E-state index in [1.165, 1.54) is 0 Å². The number of nitrogens with one attached hydrogen (secondary N) is 1. The highest BCUT2D eigenvalue weighted by molar-refractivity contribution is 5.87. The van der Waals surface area contributed by atoms with Gasteiger partial charge in [-0.1, -0.05) is 12.1 Å². The van der Waals surface area contributed by atoms with Crippen LogP contribution in [0.15, 0.2) is 54.7 Å². The number of anilines is 1.